The summed E-state index contributed by atoms with van der Waals surface area (Å²) in [6, 6.07) is 7.03. The fraction of sp³-hybridized carbons (Fsp3) is 0.632. The Morgan fingerprint density at radius 1 is 1.27 bits per heavy atom. The van der Waals surface area contributed by atoms with E-state index < -0.39 is 0 Å². The van der Waals surface area contributed by atoms with Gasteiger partial charge in [0.1, 0.15) is 0 Å². The van der Waals surface area contributed by atoms with E-state index in [9.17, 15) is 10.1 Å². The zero-order chi connectivity index (χ0) is 18.6. The van der Waals surface area contributed by atoms with Crippen LogP contribution in [0.5, 0.6) is 0 Å². The van der Waals surface area contributed by atoms with Crippen LogP contribution in [0.25, 0.3) is 0 Å². The summed E-state index contributed by atoms with van der Waals surface area (Å²) < 4.78 is 5.37. The molecule has 1 aliphatic rings. The minimum atomic E-state index is -0.386. The van der Waals surface area contributed by atoms with Gasteiger partial charge in [0.25, 0.3) is 5.69 Å². The normalized spacial score (nSPS) is 15.7. The number of nitro benzene ring substituents is 1. The smallest absolute Gasteiger partial charge is 0.269 e. The first kappa shape index (κ1) is 20.2. The molecule has 0 aliphatic heterocycles. The molecule has 2 rings (SSSR count). The molecule has 1 aliphatic carbocycles. The number of hydrogen-bond acceptors (Lipinski definition) is 4. The van der Waals surface area contributed by atoms with Crippen LogP contribution in [0.2, 0.25) is 0 Å². The van der Waals surface area contributed by atoms with Crippen molar-refractivity contribution in [2.45, 2.75) is 58.0 Å². The molecule has 0 saturated heterocycles. The van der Waals surface area contributed by atoms with Gasteiger partial charge in [-0.25, -0.2) is 4.99 Å². The van der Waals surface area contributed by atoms with Crippen LogP contribution in [0.15, 0.2) is 29.3 Å². The number of nitro groups is 1. The first-order valence-electron chi connectivity index (χ1n) is 9.55. The van der Waals surface area contributed by atoms with Crippen LogP contribution in [0.1, 0.15) is 51.0 Å². The van der Waals surface area contributed by atoms with Gasteiger partial charge in [-0.2, -0.15) is 0 Å². The number of ether oxygens (including phenoxy) is 1. The van der Waals surface area contributed by atoms with Crippen molar-refractivity contribution in [2.75, 3.05) is 19.8 Å². The van der Waals surface area contributed by atoms with Gasteiger partial charge >= 0.3 is 0 Å². The van der Waals surface area contributed by atoms with E-state index in [1.807, 2.05) is 6.92 Å². The fourth-order valence-corrected chi connectivity index (χ4v) is 3.01. The van der Waals surface area contributed by atoms with Crippen LogP contribution in [0.4, 0.5) is 5.69 Å². The Hall–Kier alpha value is -2.15. The largest absolute Gasteiger partial charge is 0.382 e. The minimum Gasteiger partial charge on any atom is -0.382 e. The second kappa shape index (κ2) is 11.5. The number of nitrogens with one attached hydrogen (secondary N) is 2. The summed E-state index contributed by atoms with van der Waals surface area (Å²) in [6.07, 6.45) is 7.12. The molecule has 2 N–H and O–H groups in total. The maximum absolute atomic E-state index is 10.7. The minimum absolute atomic E-state index is 0.104. The molecular weight excluding hydrogens is 332 g/mol. The van der Waals surface area contributed by atoms with E-state index in [0.29, 0.717) is 12.6 Å². The molecular formula is C19H30N4O3. The molecule has 1 fully saturated rings. The SMILES string of the molecule is CCOCCCNC(=NCc1ccc([N+](=O)[O-])cc1)NC1CCCCC1. The Morgan fingerprint density at radius 3 is 2.65 bits per heavy atom. The van der Waals surface area contributed by atoms with Gasteiger partial charge in [0.2, 0.25) is 0 Å². The monoisotopic (exact) mass is 362 g/mol. The summed E-state index contributed by atoms with van der Waals surface area (Å²) in [7, 11) is 0. The topological polar surface area (TPSA) is 88.8 Å². The quantitative estimate of drug-likeness (QED) is 0.231. The van der Waals surface area contributed by atoms with Gasteiger partial charge in [-0.3, -0.25) is 10.1 Å². The van der Waals surface area contributed by atoms with Crippen molar-refractivity contribution >= 4 is 11.6 Å². The Morgan fingerprint density at radius 2 is 2.00 bits per heavy atom. The molecule has 7 heteroatoms. The van der Waals surface area contributed by atoms with Crippen molar-refractivity contribution in [1.82, 2.24) is 10.6 Å². The second-order valence-corrected chi connectivity index (χ2v) is 6.54. The van der Waals surface area contributed by atoms with Crippen LogP contribution in [0.3, 0.4) is 0 Å². The number of rotatable bonds is 9. The van der Waals surface area contributed by atoms with Crippen LogP contribution >= 0.6 is 0 Å². The van der Waals surface area contributed by atoms with E-state index in [1.54, 1.807) is 12.1 Å². The number of aliphatic imine (C=N–C) groups is 1. The van der Waals surface area contributed by atoms with Crippen molar-refractivity contribution < 1.29 is 9.66 Å². The van der Waals surface area contributed by atoms with E-state index >= 15 is 0 Å². The first-order chi connectivity index (χ1) is 12.7. The molecule has 7 nitrogen and oxygen atoms in total. The van der Waals surface area contributed by atoms with Crippen LogP contribution in [-0.2, 0) is 11.3 Å². The Labute approximate surface area is 155 Å². The highest BCUT2D eigenvalue weighted by Crippen LogP contribution is 2.17. The second-order valence-electron chi connectivity index (χ2n) is 6.54. The van der Waals surface area contributed by atoms with Crippen LogP contribution < -0.4 is 10.6 Å². The van der Waals surface area contributed by atoms with E-state index in [-0.39, 0.29) is 10.6 Å². The Kier molecular flexibility index (Phi) is 8.89. The molecule has 144 valence electrons. The molecule has 0 radical (unpaired) electrons. The predicted octanol–water partition coefficient (Wildman–Crippen LogP) is 3.39. The van der Waals surface area contributed by atoms with Gasteiger partial charge in [0, 0.05) is 37.9 Å². The molecule has 0 bridgehead atoms. The lowest BCUT2D eigenvalue weighted by Gasteiger charge is -2.25. The molecule has 0 amide bonds. The summed E-state index contributed by atoms with van der Waals surface area (Å²) >= 11 is 0. The first-order valence-corrected chi connectivity index (χ1v) is 9.55. The van der Waals surface area contributed by atoms with E-state index in [2.05, 4.69) is 15.6 Å². The number of benzene rings is 1. The lowest BCUT2D eigenvalue weighted by molar-refractivity contribution is -0.384. The van der Waals surface area contributed by atoms with Crippen LogP contribution in [0, 0.1) is 10.1 Å². The van der Waals surface area contributed by atoms with E-state index in [1.165, 1.54) is 44.2 Å². The summed E-state index contributed by atoms with van der Waals surface area (Å²) in [5.74, 6) is 0.812. The molecule has 0 spiro atoms. The molecule has 1 saturated carbocycles. The molecule has 0 atom stereocenters. The van der Waals surface area contributed by atoms with Crippen molar-refractivity contribution in [1.29, 1.82) is 0 Å². The maximum atomic E-state index is 10.7. The predicted molar refractivity (Wildman–Crippen MR) is 103 cm³/mol. The lowest BCUT2D eigenvalue weighted by atomic mass is 9.96. The van der Waals surface area contributed by atoms with Crippen molar-refractivity contribution in [2.24, 2.45) is 4.99 Å². The highest BCUT2D eigenvalue weighted by Gasteiger charge is 2.14. The molecule has 0 aromatic heterocycles. The van der Waals surface area contributed by atoms with Gasteiger partial charge in [0.05, 0.1) is 11.5 Å². The standard InChI is InChI=1S/C19H30N4O3/c1-2-26-14-6-13-20-19(22-17-7-4-3-5-8-17)21-15-16-9-11-18(12-10-16)23(24)25/h9-12,17H,2-8,13-15H2,1H3,(H2,20,21,22). The average molecular weight is 362 g/mol. The van der Waals surface area contributed by atoms with Crippen molar-refractivity contribution in [3.05, 3.63) is 39.9 Å². The summed E-state index contributed by atoms with van der Waals surface area (Å²) in [5.41, 5.74) is 1.06. The van der Waals surface area contributed by atoms with Gasteiger partial charge in [-0.15, -0.1) is 0 Å². The third-order valence-corrected chi connectivity index (χ3v) is 4.47. The maximum Gasteiger partial charge on any atom is 0.269 e. The summed E-state index contributed by atoms with van der Waals surface area (Å²) in [6.45, 7) is 4.77. The van der Waals surface area contributed by atoms with E-state index in [0.717, 1.165) is 37.7 Å². The number of non-ortho nitro benzene ring substituents is 1. The van der Waals surface area contributed by atoms with Crippen molar-refractivity contribution in [3.8, 4) is 0 Å². The highest BCUT2D eigenvalue weighted by atomic mass is 16.6. The lowest BCUT2D eigenvalue weighted by Crippen LogP contribution is -2.44. The van der Waals surface area contributed by atoms with Gasteiger partial charge < -0.3 is 15.4 Å². The van der Waals surface area contributed by atoms with Crippen molar-refractivity contribution in [3.63, 3.8) is 0 Å². The Bertz CT molecular complexity index is 569. The van der Waals surface area contributed by atoms with Gasteiger partial charge in [0.15, 0.2) is 5.96 Å². The zero-order valence-electron chi connectivity index (χ0n) is 15.6. The van der Waals surface area contributed by atoms with Gasteiger partial charge in [-0.1, -0.05) is 31.4 Å². The van der Waals surface area contributed by atoms with Crippen LogP contribution in [-0.4, -0.2) is 36.7 Å². The third-order valence-electron chi connectivity index (χ3n) is 4.47. The molecule has 1 aromatic carbocycles. The molecule has 0 unspecified atom stereocenters. The highest BCUT2D eigenvalue weighted by molar-refractivity contribution is 5.80. The summed E-state index contributed by atoms with van der Waals surface area (Å²) in [4.78, 5) is 15.0. The molecule has 1 aromatic rings. The number of nitrogens with zero attached hydrogens (tertiary/aromatic N) is 2. The average Bonchev–Trinajstić information content (AvgIpc) is 2.67. The van der Waals surface area contributed by atoms with Gasteiger partial charge in [-0.05, 0) is 31.7 Å². The Balaban J connectivity index is 1.91. The third kappa shape index (κ3) is 7.39. The van der Waals surface area contributed by atoms with E-state index in [4.69, 9.17) is 4.74 Å². The molecule has 0 heterocycles. The summed E-state index contributed by atoms with van der Waals surface area (Å²) in [5, 5.41) is 17.7. The number of hydrogen-bond donors (Lipinski definition) is 2. The number of guanidine groups is 1. The zero-order valence-corrected chi connectivity index (χ0v) is 15.6. The molecule has 26 heavy (non-hydrogen) atoms. The fourth-order valence-electron chi connectivity index (χ4n) is 3.01.